The molecule has 1 aromatic carbocycles. The fourth-order valence-corrected chi connectivity index (χ4v) is 4.49. The first-order valence-corrected chi connectivity index (χ1v) is 9.03. The number of nitrogens with zero attached hydrogens (tertiary/aromatic N) is 1. The van der Waals surface area contributed by atoms with Crippen molar-refractivity contribution in [1.82, 2.24) is 9.62 Å². The minimum absolute atomic E-state index is 0. The molecule has 1 fully saturated rings. The molecule has 1 heterocycles. The third-order valence-electron chi connectivity index (χ3n) is 3.42. The quantitative estimate of drug-likeness (QED) is 0.836. The number of nitrogens with one attached hydrogen (secondary N) is 1. The lowest BCUT2D eigenvalue weighted by atomic mass is 10.1. The van der Waals surface area contributed by atoms with E-state index in [1.807, 2.05) is 19.4 Å². The molecular weight excluding hydrogens is 316 g/mol. The van der Waals surface area contributed by atoms with Crippen LogP contribution >= 0.6 is 24.2 Å². The fourth-order valence-electron chi connectivity index (χ4n) is 2.38. The molecule has 1 unspecified atom stereocenters. The summed E-state index contributed by atoms with van der Waals surface area (Å²) < 4.78 is 26.7. The first kappa shape index (κ1) is 17.8. The second kappa shape index (κ2) is 7.66. The van der Waals surface area contributed by atoms with Gasteiger partial charge >= 0.3 is 0 Å². The third-order valence-corrected chi connectivity index (χ3v) is 6.01. The molecule has 0 spiro atoms. The van der Waals surface area contributed by atoms with Gasteiger partial charge in [0.05, 0.1) is 4.90 Å². The lowest BCUT2D eigenvalue weighted by Crippen LogP contribution is -2.30. The molecule has 1 atom stereocenters. The van der Waals surface area contributed by atoms with Crippen LogP contribution in [0.15, 0.2) is 34.1 Å². The van der Waals surface area contributed by atoms with E-state index in [1.54, 1.807) is 34.3 Å². The number of benzene rings is 1. The molecule has 0 bridgehead atoms. The maximum absolute atomic E-state index is 12.5. The van der Waals surface area contributed by atoms with E-state index in [0.29, 0.717) is 23.9 Å². The molecule has 20 heavy (non-hydrogen) atoms. The average molecular weight is 337 g/mol. The summed E-state index contributed by atoms with van der Waals surface area (Å²) in [6, 6.07) is 7.17. The van der Waals surface area contributed by atoms with Gasteiger partial charge in [0.15, 0.2) is 0 Å². The maximum atomic E-state index is 12.5. The van der Waals surface area contributed by atoms with Crippen molar-refractivity contribution in [2.24, 2.45) is 5.92 Å². The molecule has 2 rings (SSSR count). The standard InChI is InChI=1S/C13H20N2O2S2.ClH/c1-14-9-11-6-7-15(10-11)19(16,17)13-5-3-4-12(8-13)18-2;/h3-5,8,11,14H,6-7,9-10H2,1-2H3;1H. The Kier molecular flexibility index (Phi) is 6.81. The number of hydrogen-bond donors (Lipinski definition) is 1. The summed E-state index contributed by atoms with van der Waals surface area (Å²) in [6.45, 7) is 2.11. The van der Waals surface area contributed by atoms with E-state index in [2.05, 4.69) is 5.32 Å². The van der Waals surface area contributed by atoms with Crippen molar-refractivity contribution in [3.05, 3.63) is 24.3 Å². The van der Waals surface area contributed by atoms with Crippen LogP contribution in [0.1, 0.15) is 6.42 Å². The molecule has 0 aliphatic carbocycles. The van der Waals surface area contributed by atoms with Crippen LogP contribution in [0.5, 0.6) is 0 Å². The fraction of sp³-hybridized carbons (Fsp3) is 0.538. The Labute approximate surface area is 131 Å². The van der Waals surface area contributed by atoms with Crippen molar-refractivity contribution < 1.29 is 8.42 Å². The Hall–Kier alpha value is -0.270. The molecular formula is C13H21ClN2O2S2. The van der Waals surface area contributed by atoms with E-state index >= 15 is 0 Å². The average Bonchev–Trinajstić information content (AvgIpc) is 2.88. The maximum Gasteiger partial charge on any atom is 0.243 e. The molecule has 1 saturated heterocycles. The van der Waals surface area contributed by atoms with Crippen LogP contribution in [-0.4, -0.2) is 45.7 Å². The van der Waals surface area contributed by atoms with E-state index in [-0.39, 0.29) is 12.4 Å². The molecule has 0 saturated carbocycles. The van der Waals surface area contributed by atoms with Gasteiger partial charge in [0.2, 0.25) is 10.0 Å². The topological polar surface area (TPSA) is 49.4 Å². The van der Waals surface area contributed by atoms with E-state index in [9.17, 15) is 8.42 Å². The number of halogens is 1. The molecule has 7 heteroatoms. The number of thioether (sulfide) groups is 1. The second-order valence-electron chi connectivity index (χ2n) is 4.75. The molecule has 1 aliphatic heterocycles. The summed E-state index contributed by atoms with van der Waals surface area (Å²) in [6.07, 6.45) is 2.88. The van der Waals surface area contributed by atoms with Crippen LogP contribution < -0.4 is 5.32 Å². The Morgan fingerprint density at radius 3 is 2.85 bits per heavy atom. The van der Waals surface area contributed by atoms with E-state index in [1.165, 1.54) is 0 Å². The van der Waals surface area contributed by atoms with Gasteiger partial charge in [0.25, 0.3) is 0 Å². The van der Waals surface area contributed by atoms with Crippen LogP contribution in [0.3, 0.4) is 0 Å². The third kappa shape index (κ3) is 3.89. The summed E-state index contributed by atoms with van der Waals surface area (Å²) in [5, 5.41) is 3.11. The second-order valence-corrected chi connectivity index (χ2v) is 7.57. The Morgan fingerprint density at radius 2 is 2.20 bits per heavy atom. The summed E-state index contributed by atoms with van der Waals surface area (Å²) in [7, 11) is -1.43. The highest BCUT2D eigenvalue weighted by Crippen LogP contribution is 2.26. The SMILES string of the molecule is CNCC1CCN(S(=O)(=O)c2cccc(SC)c2)C1.Cl. The van der Waals surface area contributed by atoms with Crippen molar-refractivity contribution in [3.8, 4) is 0 Å². The van der Waals surface area contributed by atoms with Gasteiger partial charge in [-0.1, -0.05) is 6.07 Å². The lowest BCUT2D eigenvalue weighted by molar-refractivity contribution is 0.451. The van der Waals surface area contributed by atoms with E-state index in [0.717, 1.165) is 17.9 Å². The van der Waals surface area contributed by atoms with Gasteiger partial charge in [0.1, 0.15) is 0 Å². The van der Waals surface area contributed by atoms with Gasteiger partial charge in [-0.3, -0.25) is 0 Å². The van der Waals surface area contributed by atoms with Gasteiger partial charge in [-0.2, -0.15) is 4.31 Å². The van der Waals surface area contributed by atoms with Crippen molar-refractivity contribution in [3.63, 3.8) is 0 Å². The number of rotatable bonds is 5. The molecule has 0 aromatic heterocycles. The lowest BCUT2D eigenvalue weighted by Gasteiger charge is -2.17. The first-order chi connectivity index (χ1) is 9.07. The molecule has 0 amide bonds. The van der Waals surface area contributed by atoms with Crippen LogP contribution in [0.25, 0.3) is 0 Å². The highest BCUT2D eigenvalue weighted by atomic mass is 35.5. The zero-order valence-corrected chi connectivity index (χ0v) is 14.2. The normalized spacial score (nSPS) is 19.8. The molecule has 1 aromatic rings. The van der Waals surface area contributed by atoms with Gasteiger partial charge < -0.3 is 5.32 Å². The zero-order chi connectivity index (χ0) is 13.9. The Morgan fingerprint density at radius 1 is 1.45 bits per heavy atom. The molecule has 0 radical (unpaired) electrons. The summed E-state index contributed by atoms with van der Waals surface area (Å²) in [5.41, 5.74) is 0. The first-order valence-electron chi connectivity index (χ1n) is 6.36. The molecule has 4 nitrogen and oxygen atoms in total. The van der Waals surface area contributed by atoms with Crippen molar-refractivity contribution >= 4 is 34.2 Å². The van der Waals surface area contributed by atoms with Gasteiger partial charge in [-0.25, -0.2) is 8.42 Å². The number of hydrogen-bond acceptors (Lipinski definition) is 4. The molecule has 1 N–H and O–H groups in total. The van der Waals surface area contributed by atoms with Crippen LogP contribution in [0, 0.1) is 5.92 Å². The van der Waals surface area contributed by atoms with Crippen LogP contribution in [-0.2, 0) is 10.0 Å². The highest BCUT2D eigenvalue weighted by molar-refractivity contribution is 7.98. The number of sulfonamides is 1. The summed E-state index contributed by atoms with van der Waals surface area (Å²) >= 11 is 1.56. The monoisotopic (exact) mass is 336 g/mol. The Bertz CT molecular complexity index is 537. The highest BCUT2D eigenvalue weighted by Gasteiger charge is 2.32. The largest absolute Gasteiger partial charge is 0.319 e. The van der Waals surface area contributed by atoms with Crippen molar-refractivity contribution in [2.45, 2.75) is 16.2 Å². The summed E-state index contributed by atoms with van der Waals surface area (Å²) in [4.78, 5) is 1.39. The van der Waals surface area contributed by atoms with Crippen molar-refractivity contribution in [2.75, 3.05) is 32.9 Å². The van der Waals surface area contributed by atoms with Crippen molar-refractivity contribution in [1.29, 1.82) is 0 Å². The summed E-state index contributed by atoms with van der Waals surface area (Å²) in [5.74, 6) is 0.420. The molecule has 114 valence electrons. The smallest absolute Gasteiger partial charge is 0.243 e. The van der Waals surface area contributed by atoms with Crippen LogP contribution in [0.2, 0.25) is 0 Å². The predicted molar refractivity (Wildman–Crippen MR) is 86.3 cm³/mol. The van der Waals surface area contributed by atoms with E-state index < -0.39 is 10.0 Å². The minimum atomic E-state index is -3.33. The zero-order valence-electron chi connectivity index (χ0n) is 11.7. The van der Waals surface area contributed by atoms with Crippen LogP contribution in [0.4, 0.5) is 0 Å². The predicted octanol–water partition coefficient (Wildman–Crippen LogP) is 2.06. The van der Waals surface area contributed by atoms with E-state index in [4.69, 9.17) is 0 Å². The van der Waals surface area contributed by atoms with Gasteiger partial charge in [0, 0.05) is 18.0 Å². The van der Waals surface area contributed by atoms with Gasteiger partial charge in [-0.15, -0.1) is 24.2 Å². The van der Waals surface area contributed by atoms with Gasteiger partial charge in [-0.05, 0) is 50.4 Å². The minimum Gasteiger partial charge on any atom is -0.319 e. The molecule has 1 aliphatic rings. The Balaban J connectivity index is 0.00000200.